The molecule has 2 aliphatic heterocycles. The van der Waals surface area contributed by atoms with Gasteiger partial charge in [-0.05, 0) is 36.4 Å². The monoisotopic (exact) mass is 366 g/mol. The Kier molecular flexibility index (Phi) is 3.43. The Labute approximate surface area is 155 Å². The van der Waals surface area contributed by atoms with Crippen molar-refractivity contribution >= 4 is 17.3 Å². The highest BCUT2D eigenvalue weighted by Gasteiger charge is 2.42. The molecule has 0 bridgehead atoms. The van der Waals surface area contributed by atoms with Gasteiger partial charge in [0.1, 0.15) is 11.5 Å². The molecule has 3 aromatic rings. The molecular weight excluding hydrogens is 352 g/mol. The Balaban J connectivity index is 1.62. The van der Waals surface area contributed by atoms with E-state index in [-0.39, 0.29) is 11.8 Å². The van der Waals surface area contributed by atoms with Gasteiger partial charge in [-0.25, -0.2) is 5.01 Å². The molecular formula is C20H15ClN2O3. The van der Waals surface area contributed by atoms with Gasteiger partial charge >= 0.3 is 0 Å². The van der Waals surface area contributed by atoms with Gasteiger partial charge in [0.05, 0.1) is 18.0 Å². The summed E-state index contributed by atoms with van der Waals surface area (Å²) < 4.78 is 11.7. The molecule has 1 N–H and O–H groups in total. The lowest BCUT2D eigenvalue weighted by Gasteiger charge is -2.36. The van der Waals surface area contributed by atoms with Gasteiger partial charge in [0, 0.05) is 22.6 Å². The fourth-order valence-corrected chi connectivity index (χ4v) is 3.73. The van der Waals surface area contributed by atoms with Crippen molar-refractivity contribution < 1.29 is 14.3 Å². The Morgan fingerprint density at radius 1 is 1.12 bits per heavy atom. The van der Waals surface area contributed by atoms with Crippen LogP contribution in [0.1, 0.15) is 35.6 Å². The molecule has 1 aromatic heterocycles. The summed E-state index contributed by atoms with van der Waals surface area (Å²) in [5, 5.41) is 17.5. The van der Waals surface area contributed by atoms with Crippen LogP contribution in [0.2, 0.25) is 5.02 Å². The zero-order valence-electron chi connectivity index (χ0n) is 13.7. The SMILES string of the molecule is Oc1ccc(Cl)cc1C1=NN2[C@H](C1)c1ccccc1O[C@@H]2c1ccco1. The average Bonchev–Trinajstić information content (AvgIpc) is 3.33. The van der Waals surface area contributed by atoms with Crippen LogP contribution in [0.4, 0.5) is 0 Å². The normalized spacial score (nSPS) is 21.0. The van der Waals surface area contributed by atoms with Crippen molar-refractivity contribution in [2.24, 2.45) is 5.10 Å². The number of benzene rings is 2. The average molecular weight is 367 g/mol. The van der Waals surface area contributed by atoms with E-state index in [2.05, 4.69) is 0 Å². The smallest absolute Gasteiger partial charge is 0.246 e. The zero-order valence-corrected chi connectivity index (χ0v) is 14.4. The maximum atomic E-state index is 10.3. The van der Waals surface area contributed by atoms with E-state index in [0.29, 0.717) is 22.8 Å². The van der Waals surface area contributed by atoms with Crippen LogP contribution < -0.4 is 4.74 Å². The quantitative estimate of drug-likeness (QED) is 0.702. The number of furan rings is 1. The first-order valence-electron chi connectivity index (χ1n) is 8.34. The molecule has 130 valence electrons. The first kappa shape index (κ1) is 15.3. The van der Waals surface area contributed by atoms with Crippen molar-refractivity contribution in [2.45, 2.75) is 18.7 Å². The Hall–Kier alpha value is -2.92. The van der Waals surface area contributed by atoms with Crippen LogP contribution in [0.15, 0.2) is 70.4 Å². The Morgan fingerprint density at radius 3 is 2.85 bits per heavy atom. The van der Waals surface area contributed by atoms with Crippen molar-refractivity contribution in [1.82, 2.24) is 5.01 Å². The van der Waals surface area contributed by atoms with E-state index in [1.807, 2.05) is 41.4 Å². The molecule has 0 saturated heterocycles. The maximum Gasteiger partial charge on any atom is 0.246 e. The number of aromatic hydroxyl groups is 1. The fraction of sp³-hybridized carbons (Fsp3) is 0.150. The minimum absolute atomic E-state index is 0.00318. The number of ether oxygens (including phenoxy) is 1. The molecule has 3 heterocycles. The zero-order chi connectivity index (χ0) is 17.7. The van der Waals surface area contributed by atoms with Gasteiger partial charge in [0.25, 0.3) is 0 Å². The molecule has 2 aliphatic rings. The van der Waals surface area contributed by atoms with Gasteiger partial charge in [-0.2, -0.15) is 5.10 Å². The van der Waals surface area contributed by atoms with Crippen molar-refractivity contribution in [3.8, 4) is 11.5 Å². The predicted octanol–water partition coefficient (Wildman–Crippen LogP) is 4.88. The predicted molar refractivity (Wildman–Crippen MR) is 97.4 cm³/mol. The highest BCUT2D eigenvalue weighted by Crippen LogP contribution is 2.48. The Morgan fingerprint density at radius 2 is 2.00 bits per heavy atom. The summed E-state index contributed by atoms with van der Waals surface area (Å²) in [6.45, 7) is 0. The summed E-state index contributed by atoms with van der Waals surface area (Å²) in [5.41, 5.74) is 2.48. The number of nitrogens with zero attached hydrogens (tertiary/aromatic N) is 2. The largest absolute Gasteiger partial charge is 0.507 e. The lowest BCUT2D eigenvalue weighted by Crippen LogP contribution is -2.33. The number of phenolic OH excluding ortho intramolecular Hbond substituents is 1. The number of hydrogen-bond acceptors (Lipinski definition) is 5. The summed E-state index contributed by atoms with van der Waals surface area (Å²) in [6, 6.07) is 16.6. The molecule has 0 fully saturated rings. The van der Waals surface area contributed by atoms with E-state index in [1.54, 1.807) is 24.5 Å². The molecule has 0 spiro atoms. The second-order valence-electron chi connectivity index (χ2n) is 6.33. The summed E-state index contributed by atoms with van der Waals surface area (Å²) in [7, 11) is 0. The Bertz CT molecular complexity index is 1000. The molecule has 2 atom stereocenters. The molecule has 2 aromatic carbocycles. The third kappa shape index (κ3) is 2.35. The molecule has 0 saturated carbocycles. The van der Waals surface area contributed by atoms with Crippen LogP contribution in [-0.2, 0) is 0 Å². The molecule has 26 heavy (non-hydrogen) atoms. The number of rotatable bonds is 2. The summed E-state index contributed by atoms with van der Waals surface area (Å²) >= 11 is 6.12. The van der Waals surface area contributed by atoms with Crippen molar-refractivity contribution in [1.29, 1.82) is 0 Å². The van der Waals surface area contributed by atoms with Crippen molar-refractivity contribution in [2.75, 3.05) is 0 Å². The highest BCUT2D eigenvalue weighted by atomic mass is 35.5. The van der Waals surface area contributed by atoms with Crippen molar-refractivity contribution in [3.63, 3.8) is 0 Å². The minimum Gasteiger partial charge on any atom is -0.507 e. The summed E-state index contributed by atoms with van der Waals surface area (Å²) in [4.78, 5) is 0. The number of fused-ring (bicyclic) bond motifs is 3. The molecule has 0 radical (unpaired) electrons. The number of hydrazone groups is 1. The van der Waals surface area contributed by atoms with Gasteiger partial charge in [0.15, 0.2) is 5.76 Å². The van der Waals surface area contributed by atoms with Gasteiger partial charge in [-0.15, -0.1) is 0 Å². The second-order valence-corrected chi connectivity index (χ2v) is 6.77. The van der Waals surface area contributed by atoms with Gasteiger partial charge < -0.3 is 14.3 Å². The lowest BCUT2D eigenvalue weighted by atomic mass is 9.96. The van der Waals surface area contributed by atoms with Crippen molar-refractivity contribution in [3.05, 3.63) is 82.8 Å². The minimum atomic E-state index is -0.455. The molecule has 0 aliphatic carbocycles. The molecule has 0 amide bonds. The molecule has 5 rings (SSSR count). The maximum absolute atomic E-state index is 10.3. The van der Waals surface area contributed by atoms with Crippen LogP contribution in [0.25, 0.3) is 0 Å². The van der Waals surface area contributed by atoms with Crippen LogP contribution in [0.5, 0.6) is 11.5 Å². The lowest BCUT2D eigenvalue weighted by molar-refractivity contribution is -0.0325. The molecule has 6 heteroatoms. The summed E-state index contributed by atoms with van der Waals surface area (Å²) in [6.07, 6.45) is 1.81. The van der Waals surface area contributed by atoms with Crippen LogP contribution in [0.3, 0.4) is 0 Å². The third-order valence-corrected chi connectivity index (χ3v) is 4.99. The van der Waals surface area contributed by atoms with Crippen LogP contribution in [-0.4, -0.2) is 15.8 Å². The topological polar surface area (TPSA) is 58.2 Å². The van der Waals surface area contributed by atoms with E-state index in [4.69, 9.17) is 25.9 Å². The number of halogens is 1. The third-order valence-electron chi connectivity index (χ3n) is 4.76. The number of para-hydroxylation sites is 1. The van der Waals surface area contributed by atoms with Gasteiger partial charge in [0.2, 0.25) is 6.23 Å². The standard InChI is InChI=1S/C20H15ClN2O3/c21-12-7-8-17(24)14(10-12)15-11-16-13-4-1-2-5-18(13)26-20(23(16)22-15)19-6-3-9-25-19/h1-10,16,20,24H,11H2/t16-,20-/m1/s1. The van der Waals surface area contributed by atoms with E-state index in [0.717, 1.165) is 17.0 Å². The number of phenols is 1. The second kappa shape index (κ2) is 5.81. The van der Waals surface area contributed by atoms with E-state index in [1.165, 1.54) is 0 Å². The van der Waals surface area contributed by atoms with Gasteiger partial charge in [-0.3, -0.25) is 0 Å². The van der Waals surface area contributed by atoms with E-state index < -0.39 is 6.23 Å². The molecule has 0 unspecified atom stereocenters. The first-order chi connectivity index (χ1) is 12.7. The number of hydrogen-bond donors (Lipinski definition) is 1. The van der Waals surface area contributed by atoms with Crippen LogP contribution in [0, 0.1) is 0 Å². The van der Waals surface area contributed by atoms with E-state index in [9.17, 15) is 5.11 Å². The first-order valence-corrected chi connectivity index (χ1v) is 8.72. The fourth-order valence-electron chi connectivity index (χ4n) is 3.56. The van der Waals surface area contributed by atoms with E-state index >= 15 is 0 Å². The van der Waals surface area contributed by atoms with Gasteiger partial charge in [-0.1, -0.05) is 29.8 Å². The molecule has 5 nitrogen and oxygen atoms in total. The highest BCUT2D eigenvalue weighted by molar-refractivity contribution is 6.31. The van der Waals surface area contributed by atoms with Crippen LogP contribution >= 0.6 is 11.6 Å². The summed E-state index contributed by atoms with van der Waals surface area (Å²) in [5.74, 6) is 1.67.